The van der Waals surface area contributed by atoms with Gasteiger partial charge in [-0.1, -0.05) is 20.8 Å². The zero-order valence-corrected chi connectivity index (χ0v) is 18.1. The van der Waals surface area contributed by atoms with Crippen LogP contribution in [-0.4, -0.2) is 59.7 Å². The van der Waals surface area contributed by atoms with Gasteiger partial charge in [0.15, 0.2) is 0 Å². The minimum Gasteiger partial charge on any atom is -0.444 e. The molecule has 148 valence electrons. The van der Waals surface area contributed by atoms with Crippen LogP contribution in [0.5, 0.6) is 0 Å². The number of nitrogens with zero attached hydrogens (tertiary/aromatic N) is 1. The van der Waals surface area contributed by atoms with Gasteiger partial charge < -0.3 is 8.92 Å². The Morgan fingerprint density at radius 3 is 2.28 bits per heavy atom. The average Bonchev–Trinajstić information content (AvgIpc) is 2.78. The van der Waals surface area contributed by atoms with Gasteiger partial charge in [0, 0.05) is 11.2 Å². The van der Waals surface area contributed by atoms with Crippen molar-refractivity contribution in [2.24, 2.45) is 0 Å². The van der Waals surface area contributed by atoms with Crippen molar-refractivity contribution in [1.82, 2.24) is 4.90 Å². The van der Waals surface area contributed by atoms with Crippen molar-refractivity contribution in [3.63, 3.8) is 0 Å². The molecule has 7 heteroatoms. The molecule has 1 amide bonds. The van der Waals surface area contributed by atoms with Gasteiger partial charge in [0.2, 0.25) is 0 Å². The van der Waals surface area contributed by atoms with E-state index in [0.29, 0.717) is 6.54 Å². The normalized spacial score (nSPS) is 23.3. The van der Waals surface area contributed by atoms with Crippen molar-refractivity contribution in [3.8, 4) is 0 Å². The lowest BCUT2D eigenvalue weighted by molar-refractivity contribution is -0.842. The lowest BCUT2D eigenvalue weighted by atomic mass is 10.2. The fourth-order valence-electron chi connectivity index (χ4n) is 2.35. The number of nitrogens with two attached hydrogens (primary N) is 1. The van der Waals surface area contributed by atoms with Gasteiger partial charge in [0.05, 0.1) is 25.8 Å². The summed E-state index contributed by atoms with van der Waals surface area (Å²) in [5.41, 5.74) is 1.09. The minimum absolute atomic E-state index is 0.00828. The third-order valence-electron chi connectivity index (χ3n) is 4.33. The van der Waals surface area contributed by atoms with E-state index in [4.69, 9.17) is 13.8 Å². The van der Waals surface area contributed by atoms with Gasteiger partial charge in [-0.2, -0.15) is 5.48 Å². The van der Waals surface area contributed by atoms with Crippen LogP contribution in [-0.2, 0) is 13.8 Å². The van der Waals surface area contributed by atoms with Crippen LogP contribution in [0.3, 0.4) is 0 Å². The van der Waals surface area contributed by atoms with E-state index in [-0.39, 0.29) is 23.0 Å². The summed E-state index contributed by atoms with van der Waals surface area (Å²) in [6.07, 6.45) is 8.64. The first-order valence-electron chi connectivity index (χ1n) is 8.70. The Morgan fingerprint density at radius 2 is 1.80 bits per heavy atom. The van der Waals surface area contributed by atoms with Gasteiger partial charge in [-0.05, 0) is 39.4 Å². The van der Waals surface area contributed by atoms with Crippen molar-refractivity contribution in [2.45, 2.75) is 70.5 Å². The van der Waals surface area contributed by atoms with Crippen molar-refractivity contribution in [2.75, 3.05) is 26.2 Å². The second-order valence-electron chi connectivity index (χ2n) is 8.76. The van der Waals surface area contributed by atoms with Crippen LogP contribution in [0, 0.1) is 0 Å². The predicted octanol–water partition coefficient (Wildman–Crippen LogP) is 2.80. The largest absolute Gasteiger partial charge is 0.444 e. The molecule has 0 spiro atoms. The number of likely N-dealkylation sites (tertiary alicyclic amines) is 1. The second-order valence-corrected chi connectivity index (χ2v) is 12.6. The summed E-state index contributed by atoms with van der Waals surface area (Å²) in [4.78, 5) is 19.3. The lowest BCUT2D eigenvalue weighted by Crippen LogP contribution is -2.76. The molecule has 0 aromatic heterocycles. The van der Waals surface area contributed by atoms with Crippen LogP contribution in [0.2, 0.25) is 0 Å². The van der Waals surface area contributed by atoms with E-state index in [1.54, 1.807) is 17.5 Å². The highest BCUT2D eigenvalue weighted by atomic mass is 32.3. The van der Waals surface area contributed by atoms with E-state index < -0.39 is 15.9 Å². The molecule has 1 aliphatic rings. The highest BCUT2D eigenvalue weighted by molar-refractivity contribution is 8.29. The number of ether oxygens (including phenoxy) is 1. The first kappa shape index (κ1) is 22.3. The third-order valence-corrected chi connectivity index (χ3v) is 8.04. The van der Waals surface area contributed by atoms with Gasteiger partial charge >= 0.3 is 6.09 Å². The van der Waals surface area contributed by atoms with E-state index in [2.05, 4.69) is 33.3 Å². The molecule has 2 atom stereocenters. The molecule has 2 N–H and O–H groups in total. The Morgan fingerprint density at radius 1 is 1.20 bits per heavy atom. The summed E-state index contributed by atoms with van der Waals surface area (Å²) in [6.45, 7) is 12.8. The molecule has 0 saturated carbocycles. The van der Waals surface area contributed by atoms with E-state index >= 15 is 0 Å². The van der Waals surface area contributed by atoms with Crippen molar-refractivity contribution >= 4 is 16.4 Å². The molecular weight excluding hydrogens is 340 g/mol. The van der Waals surface area contributed by atoms with Gasteiger partial charge in [0.25, 0.3) is 0 Å². The van der Waals surface area contributed by atoms with Crippen molar-refractivity contribution in [3.05, 3.63) is 12.3 Å². The molecule has 1 rings (SSSR count). The number of amides is 1. The standard InChI is InChI=1S/C18H36N2O4S/c1-17(2,3)23-16(21)20-13-15(12-14(20)10-11-19-22-7)24-25(8,9)18(4,5)6/h10-11,14-15,19H,12-13H2,1-9H3/p+1/b11-10+. The monoisotopic (exact) mass is 377 g/mol. The fraction of sp³-hybridized carbons (Fsp3) is 0.833. The topological polar surface area (TPSA) is 64.6 Å². The molecule has 0 aromatic rings. The minimum atomic E-state index is -1.25. The number of rotatable bonds is 5. The molecule has 1 aliphatic heterocycles. The predicted molar refractivity (Wildman–Crippen MR) is 103 cm³/mol. The second kappa shape index (κ2) is 8.29. The van der Waals surface area contributed by atoms with Crippen molar-refractivity contribution in [1.29, 1.82) is 0 Å². The zero-order chi connectivity index (χ0) is 19.5. The number of carbonyl (C=O) groups is 1. The quantitative estimate of drug-likeness (QED) is 0.748. The third kappa shape index (κ3) is 6.81. The molecule has 6 nitrogen and oxygen atoms in total. The summed E-state index contributed by atoms with van der Waals surface area (Å²) in [5.74, 6) is 0. The molecule has 1 fully saturated rings. The summed E-state index contributed by atoms with van der Waals surface area (Å²) in [7, 11) is 0.354. The SMILES string of the molecule is CO[NH2+]/C=C/C1CC(OS(C)(C)C(C)(C)C)CN1C(=O)OC(C)(C)C. The molecular formula is C18H37N2O4S+. The maximum absolute atomic E-state index is 12.6. The van der Waals surface area contributed by atoms with Crippen LogP contribution in [0.4, 0.5) is 4.79 Å². The van der Waals surface area contributed by atoms with E-state index in [0.717, 1.165) is 6.42 Å². The molecule has 0 radical (unpaired) electrons. The Bertz CT molecular complexity index is 480. The number of hydroxylamine groups is 1. The van der Waals surface area contributed by atoms with Crippen LogP contribution in [0.1, 0.15) is 48.0 Å². The van der Waals surface area contributed by atoms with E-state index in [1.165, 1.54) is 0 Å². The highest BCUT2D eigenvalue weighted by Gasteiger charge is 2.40. The van der Waals surface area contributed by atoms with Crippen molar-refractivity contribution < 1.29 is 24.0 Å². The maximum Gasteiger partial charge on any atom is 0.410 e. The van der Waals surface area contributed by atoms with E-state index in [9.17, 15) is 4.79 Å². The molecule has 0 aliphatic carbocycles. The van der Waals surface area contributed by atoms with Crippen LogP contribution >= 0.6 is 10.3 Å². The highest BCUT2D eigenvalue weighted by Crippen LogP contribution is 2.55. The zero-order valence-electron chi connectivity index (χ0n) is 17.3. The first-order valence-corrected chi connectivity index (χ1v) is 11.1. The van der Waals surface area contributed by atoms with Gasteiger partial charge in [-0.15, -0.1) is 10.3 Å². The number of hydrogen-bond donors (Lipinski definition) is 1. The van der Waals surface area contributed by atoms with Gasteiger partial charge in [-0.25, -0.2) is 9.63 Å². The Balaban J connectivity index is 2.88. The molecule has 1 heterocycles. The average molecular weight is 378 g/mol. The molecule has 2 unspecified atom stereocenters. The number of hydrogen-bond acceptors (Lipinski definition) is 4. The Labute approximate surface area is 154 Å². The molecule has 0 bridgehead atoms. The van der Waals surface area contributed by atoms with Gasteiger partial charge in [0.1, 0.15) is 11.8 Å². The van der Waals surface area contributed by atoms with E-state index in [1.807, 2.05) is 33.0 Å². The molecule has 25 heavy (non-hydrogen) atoms. The van der Waals surface area contributed by atoms with Crippen LogP contribution < -0.4 is 5.48 Å². The summed E-state index contributed by atoms with van der Waals surface area (Å²) >= 11 is 0. The maximum atomic E-state index is 12.6. The fourth-order valence-corrected chi connectivity index (χ4v) is 3.45. The van der Waals surface area contributed by atoms with Crippen LogP contribution in [0.15, 0.2) is 12.3 Å². The summed E-state index contributed by atoms with van der Waals surface area (Å²) in [5, 5.41) is 0. The number of quaternary nitrogens is 1. The smallest absolute Gasteiger partial charge is 0.410 e. The summed E-state index contributed by atoms with van der Waals surface area (Å²) in [6, 6.07) is -0.0542. The molecule has 0 aromatic carbocycles. The molecule has 1 saturated heterocycles. The van der Waals surface area contributed by atoms with Gasteiger partial charge in [-0.3, -0.25) is 4.90 Å². The van der Waals surface area contributed by atoms with Crippen LogP contribution in [0.25, 0.3) is 0 Å². The lowest BCUT2D eigenvalue weighted by Gasteiger charge is -2.45. The first-order chi connectivity index (χ1) is 11.3. The Hall–Kier alpha value is -0.760. The number of carbonyl (C=O) groups excluding carboxylic acids is 1. The summed E-state index contributed by atoms with van der Waals surface area (Å²) < 4.78 is 12.1. The Kier molecular flexibility index (Phi) is 7.39.